The maximum absolute atomic E-state index is 12.9. The number of alkyl halides is 5. The molecule has 106 valence electrons. The number of hydrogen-bond acceptors (Lipinski definition) is 2. The molecular weight excluding hydrogens is 278 g/mol. The van der Waals surface area contributed by atoms with E-state index in [1.54, 1.807) is 0 Å². The summed E-state index contributed by atoms with van der Waals surface area (Å²) >= 11 is 0. The average molecular weight is 286 g/mol. The van der Waals surface area contributed by atoms with Crippen molar-refractivity contribution in [3.05, 3.63) is 29.6 Å². The molecule has 0 aromatic heterocycles. The molecule has 0 N–H and O–H groups in total. The Morgan fingerprint density at radius 2 is 1.79 bits per heavy atom. The zero-order valence-corrected chi connectivity index (χ0v) is 9.52. The first-order valence-electron chi connectivity index (χ1n) is 5.03. The molecule has 0 amide bonds. The van der Waals surface area contributed by atoms with E-state index in [4.69, 9.17) is 0 Å². The molecule has 0 fully saturated rings. The van der Waals surface area contributed by atoms with Gasteiger partial charge in [-0.25, -0.2) is 4.39 Å². The number of carbonyl (C=O) groups excluding carboxylic acids is 1. The van der Waals surface area contributed by atoms with Crippen LogP contribution in [0.25, 0.3) is 0 Å². The highest BCUT2D eigenvalue weighted by Crippen LogP contribution is 2.39. The second kappa shape index (κ2) is 5.10. The van der Waals surface area contributed by atoms with Crippen LogP contribution in [-0.4, -0.2) is 24.5 Å². The molecule has 1 aromatic rings. The Labute approximate surface area is 104 Å². The van der Waals surface area contributed by atoms with Crippen LogP contribution in [0.15, 0.2) is 18.2 Å². The number of carbonyl (C=O) groups is 1. The summed E-state index contributed by atoms with van der Waals surface area (Å²) in [5, 5.41) is 0. The Hall–Kier alpha value is -1.73. The normalized spacial score (nSPS) is 12.4. The van der Waals surface area contributed by atoms with Crippen LogP contribution in [0.5, 0.6) is 5.75 Å². The number of rotatable bonds is 4. The van der Waals surface area contributed by atoms with E-state index in [0.29, 0.717) is 18.2 Å². The number of hydrogen-bond donors (Lipinski definition) is 0. The predicted octanol–water partition coefficient (Wildman–Crippen LogP) is 3.60. The van der Waals surface area contributed by atoms with E-state index >= 15 is 0 Å². The van der Waals surface area contributed by atoms with Crippen molar-refractivity contribution < 1.29 is 35.9 Å². The van der Waals surface area contributed by atoms with Gasteiger partial charge in [-0.2, -0.15) is 22.0 Å². The summed E-state index contributed by atoms with van der Waals surface area (Å²) in [4.78, 5) is 11.2. The largest absolute Gasteiger partial charge is 0.493 e. The fourth-order valence-corrected chi connectivity index (χ4v) is 1.26. The van der Waals surface area contributed by atoms with Gasteiger partial charge in [0.2, 0.25) is 5.78 Å². The van der Waals surface area contributed by atoms with Gasteiger partial charge >= 0.3 is 12.1 Å². The van der Waals surface area contributed by atoms with E-state index in [9.17, 15) is 31.1 Å². The lowest BCUT2D eigenvalue weighted by atomic mass is 10.0. The van der Waals surface area contributed by atoms with E-state index in [1.807, 2.05) is 0 Å². The molecule has 0 radical (unpaired) electrons. The van der Waals surface area contributed by atoms with Crippen LogP contribution in [0, 0.1) is 5.82 Å². The number of benzene rings is 1. The van der Waals surface area contributed by atoms with Gasteiger partial charge in [0, 0.05) is 6.07 Å². The molecule has 1 aromatic carbocycles. The molecule has 0 aliphatic heterocycles. The molecular formula is C11H8F6O2. The second-order valence-electron chi connectivity index (χ2n) is 3.47. The summed E-state index contributed by atoms with van der Waals surface area (Å²) in [7, 11) is 0. The van der Waals surface area contributed by atoms with Crippen LogP contribution < -0.4 is 4.74 Å². The SMILES string of the molecule is CCOc1cc(F)ccc1C(=O)C(F)(F)C(F)(F)F. The topological polar surface area (TPSA) is 26.3 Å². The number of ketones is 1. The minimum Gasteiger partial charge on any atom is -0.493 e. The summed E-state index contributed by atoms with van der Waals surface area (Å²) in [5.74, 6) is -9.62. The quantitative estimate of drug-likeness (QED) is 0.624. The highest BCUT2D eigenvalue weighted by atomic mass is 19.4. The molecule has 0 atom stereocenters. The lowest BCUT2D eigenvalue weighted by molar-refractivity contribution is -0.255. The molecule has 0 unspecified atom stereocenters. The summed E-state index contributed by atoms with van der Waals surface area (Å²) in [6.45, 7) is 1.28. The lowest BCUT2D eigenvalue weighted by Gasteiger charge is -2.19. The van der Waals surface area contributed by atoms with Gasteiger partial charge in [0.25, 0.3) is 0 Å². The van der Waals surface area contributed by atoms with Gasteiger partial charge in [-0.1, -0.05) is 0 Å². The second-order valence-corrected chi connectivity index (χ2v) is 3.47. The van der Waals surface area contributed by atoms with Crippen molar-refractivity contribution in [2.24, 2.45) is 0 Å². The molecule has 0 aliphatic carbocycles. The molecule has 0 heterocycles. The summed E-state index contributed by atoms with van der Waals surface area (Å²) in [6.07, 6.45) is -6.03. The summed E-state index contributed by atoms with van der Waals surface area (Å²) in [6, 6.07) is 1.70. The van der Waals surface area contributed by atoms with Gasteiger partial charge < -0.3 is 4.74 Å². The van der Waals surface area contributed by atoms with Crippen LogP contribution in [0.1, 0.15) is 17.3 Å². The first kappa shape index (κ1) is 15.3. The summed E-state index contributed by atoms with van der Waals surface area (Å²) < 4.78 is 79.6. The van der Waals surface area contributed by atoms with Crippen LogP contribution in [-0.2, 0) is 0 Å². The Balaban J connectivity index is 3.27. The molecule has 1 rings (SSSR count). The van der Waals surface area contributed by atoms with E-state index in [1.165, 1.54) is 6.92 Å². The highest BCUT2D eigenvalue weighted by Gasteiger charge is 2.63. The van der Waals surface area contributed by atoms with E-state index in [2.05, 4.69) is 4.74 Å². The van der Waals surface area contributed by atoms with E-state index < -0.39 is 35.0 Å². The molecule has 8 heteroatoms. The van der Waals surface area contributed by atoms with Gasteiger partial charge in [0.15, 0.2) is 0 Å². The highest BCUT2D eigenvalue weighted by molar-refractivity contribution is 6.04. The smallest absolute Gasteiger partial charge is 0.461 e. The van der Waals surface area contributed by atoms with Gasteiger partial charge in [-0.15, -0.1) is 0 Å². The number of ether oxygens (including phenoxy) is 1. The predicted molar refractivity (Wildman–Crippen MR) is 52.9 cm³/mol. The van der Waals surface area contributed by atoms with Crippen molar-refractivity contribution >= 4 is 5.78 Å². The van der Waals surface area contributed by atoms with Crippen LogP contribution in [0.3, 0.4) is 0 Å². The van der Waals surface area contributed by atoms with Crippen molar-refractivity contribution in [1.82, 2.24) is 0 Å². The van der Waals surface area contributed by atoms with Crippen molar-refractivity contribution in [1.29, 1.82) is 0 Å². The van der Waals surface area contributed by atoms with Gasteiger partial charge in [0.1, 0.15) is 11.6 Å². The van der Waals surface area contributed by atoms with Crippen molar-refractivity contribution in [3.8, 4) is 5.75 Å². The van der Waals surface area contributed by atoms with Gasteiger partial charge in [-0.05, 0) is 19.1 Å². The van der Waals surface area contributed by atoms with Gasteiger partial charge in [0.05, 0.1) is 12.2 Å². The molecule has 0 aliphatic rings. The Morgan fingerprint density at radius 1 is 1.21 bits per heavy atom. The number of halogens is 6. The Kier molecular flexibility index (Phi) is 4.12. The maximum Gasteiger partial charge on any atom is 0.461 e. The summed E-state index contributed by atoms with van der Waals surface area (Å²) in [5.41, 5.74) is -1.02. The first-order chi connectivity index (χ1) is 8.61. The monoisotopic (exact) mass is 286 g/mol. The van der Waals surface area contributed by atoms with Crippen LogP contribution >= 0.6 is 0 Å². The fraction of sp³-hybridized carbons (Fsp3) is 0.364. The van der Waals surface area contributed by atoms with Crippen molar-refractivity contribution in [2.45, 2.75) is 19.0 Å². The molecule has 2 nitrogen and oxygen atoms in total. The average Bonchev–Trinajstić information content (AvgIpc) is 2.27. The maximum atomic E-state index is 12.9. The minimum atomic E-state index is -6.03. The molecule has 0 saturated heterocycles. The molecule has 19 heavy (non-hydrogen) atoms. The third-order valence-electron chi connectivity index (χ3n) is 2.13. The van der Waals surface area contributed by atoms with Gasteiger partial charge in [-0.3, -0.25) is 4.79 Å². The minimum absolute atomic E-state index is 0.124. The van der Waals surface area contributed by atoms with Crippen LogP contribution in [0.2, 0.25) is 0 Å². The lowest BCUT2D eigenvalue weighted by Crippen LogP contribution is -2.44. The first-order valence-corrected chi connectivity index (χ1v) is 5.03. The van der Waals surface area contributed by atoms with E-state index in [0.717, 1.165) is 0 Å². The zero-order chi connectivity index (χ0) is 14.8. The van der Waals surface area contributed by atoms with Crippen molar-refractivity contribution in [2.75, 3.05) is 6.61 Å². The third-order valence-corrected chi connectivity index (χ3v) is 2.13. The Bertz CT molecular complexity index is 481. The molecule has 0 spiro atoms. The fourth-order valence-electron chi connectivity index (χ4n) is 1.26. The van der Waals surface area contributed by atoms with E-state index in [-0.39, 0.29) is 6.61 Å². The third kappa shape index (κ3) is 2.99. The number of Topliss-reactive ketones (excluding diaryl/α,β-unsaturated/α-hetero) is 1. The Morgan fingerprint density at radius 3 is 2.26 bits per heavy atom. The molecule has 0 saturated carbocycles. The van der Waals surface area contributed by atoms with Crippen molar-refractivity contribution in [3.63, 3.8) is 0 Å². The molecule has 0 bridgehead atoms. The standard InChI is InChI=1S/C11H8F6O2/c1-2-19-8-5-6(12)3-4-7(8)9(18)10(13,14)11(15,16)17/h3-5H,2H2,1H3. The van der Waals surface area contributed by atoms with Crippen LogP contribution in [0.4, 0.5) is 26.3 Å². The zero-order valence-electron chi connectivity index (χ0n) is 9.52.